The third-order valence-corrected chi connectivity index (χ3v) is 5.65. The Morgan fingerprint density at radius 3 is 2.66 bits per heavy atom. The molecule has 2 N–H and O–H groups in total. The molecule has 0 unspecified atom stereocenters. The summed E-state index contributed by atoms with van der Waals surface area (Å²) in [6, 6.07) is 10.7. The van der Waals surface area contributed by atoms with E-state index in [4.69, 9.17) is 5.73 Å². The summed E-state index contributed by atoms with van der Waals surface area (Å²) in [4.78, 5) is 16.4. The van der Waals surface area contributed by atoms with Gasteiger partial charge in [0.25, 0.3) is 5.91 Å². The lowest BCUT2D eigenvalue weighted by atomic mass is 10.1. The van der Waals surface area contributed by atoms with Gasteiger partial charge in [-0.2, -0.15) is 18.3 Å². The summed E-state index contributed by atoms with van der Waals surface area (Å²) < 4.78 is 40.4. The van der Waals surface area contributed by atoms with E-state index in [1.165, 1.54) is 17.4 Å². The summed E-state index contributed by atoms with van der Waals surface area (Å²) in [5, 5.41) is 5.91. The van der Waals surface area contributed by atoms with Gasteiger partial charge < -0.3 is 5.73 Å². The van der Waals surface area contributed by atoms with Crippen LogP contribution in [0.5, 0.6) is 0 Å². The van der Waals surface area contributed by atoms with Gasteiger partial charge >= 0.3 is 6.18 Å². The Kier molecular flexibility index (Phi) is 4.62. The first kappa shape index (κ1) is 19.1. The molecule has 0 bridgehead atoms. The number of carbonyl (C=O) groups is 1. The predicted molar refractivity (Wildman–Crippen MR) is 105 cm³/mol. The summed E-state index contributed by atoms with van der Waals surface area (Å²) in [5.41, 5.74) is 7.23. The van der Waals surface area contributed by atoms with Crippen LogP contribution in [0.25, 0.3) is 21.5 Å². The standard InChI is InChI=1S/C20H15F3N4OS/c1-11-17(18(24)28)29-19(25-11)14-6-3-7-16-15(14)10-27(26-16)9-12-4-2-5-13(8-12)20(21,22)23/h2-8,10H,9H2,1H3,(H2,24,28). The Morgan fingerprint density at radius 1 is 1.21 bits per heavy atom. The molecule has 4 rings (SSSR count). The van der Waals surface area contributed by atoms with Crippen molar-refractivity contribution in [3.8, 4) is 10.6 Å². The fraction of sp³-hybridized carbons (Fsp3) is 0.150. The van der Waals surface area contributed by atoms with Crippen molar-refractivity contribution in [1.82, 2.24) is 14.8 Å². The highest BCUT2D eigenvalue weighted by Gasteiger charge is 2.30. The molecule has 0 spiro atoms. The van der Waals surface area contributed by atoms with Crippen LogP contribution in [0.3, 0.4) is 0 Å². The molecule has 9 heteroatoms. The number of hydrogen-bond acceptors (Lipinski definition) is 4. The number of nitrogens with two attached hydrogens (primary N) is 1. The van der Waals surface area contributed by atoms with E-state index >= 15 is 0 Å². The van der Waals surface area contributed by atoms with Crippen molar-refractivity contribution >= 4 is 28.1 Å². The molecule has 0 radical (unpaired) electrons. The second-order valence-electron chi connectivity index (χ2n) is 6.56. The largest absolute Gasteiger partial charge is 0.416 e. The van der Waals surface area contributed by atoms with E-state index in [1.54, 1.807) is 23.9 Å². The van der Waals surface area contributed by atoms with Gasteiger partial charge in [-0.3, -0.25) is 9.48 Å². The third kappa shape index (κ3) is 3.73. The molecule has 0 fully saturated rings. The first-order valence-electron chi connectivity index (χ1n) is 8.62. The molecular weight excluding hydrogens is 401 g/mol. The molecule has 2 aromatic heterocycles. The maximum Gasteiger partial charge on any atom is 0.416 e. The number of hydrogen-bond donors (Lipinski definition) is 1. The van der Waals surface area contributed by atoms with Crippen LogP contribution >= 0.6 is 11.3 Å². The molecule has 0 atom stereocenters. The Hall–Kier alpha value is -3.20. The number of thiazole rings is 1. The van der Waals surface area contributed by atoms with Crippen molar-refractivity contribution in [2.75, 3.05) is 0 Å². The normalized spacial score (nSPS) is 11.9. The summed E-state index contributed by atoms with van der Waals surface area (Å²) in [6.07, 6.45) is -2.62. The highest BCUT2D eigenvalue weighted by atomic mass is 32.1. The van der Waals surface area contributed by atoms with Crippen LogP contribution in [0, 0.1) is 6.92 Å². The zero-order valence-corrected chi connectivity index (χ0v) is 16.0. The number of primary amides is 1. The minimum Gasteiger partial charge on any atom is -0.365 e. The van der Waals surface area contributed by atoms with E-state index in [0.29, 0.717) is 26.7 Å². The Morgan fingerprint density at radius 2 is 1.97 bits per heavy atom. The lowest BCUT2D eigenvalue weighted by Gasteiger charge is -2.08. The van der Waals surface area contributed by atoms with Gasteiger partial charge in [0, 0.05) is 17.1 Å². The van der Waals surface area contributed by atoms with E-state index < -0.39 is 17.6 Å². The Balaban J connectivity index is 1.72. The summed E-state index contributed by atoms with van der Waals surface area (Å²) in [5.74, 6) is -0.529. The van der Waals surface area contributed by atoms with Crippen LogP contribution in [-0.2, 0) is 12.7 Å². The number of carbonyl (C=O) groups excluding carboxylic acids is 1. The second-order valence-corrected chi connectivity index (χ2v) is 7.56. The minimum atomic E-state index is -4.39. The number of benzene rings is 2. The summed E-state index contributed by atoms with van der Waals surface area (Å²) >= 11 is 1.21. The van der Waals surface area contributed by atoms with E-state index in [1.807, 2.05) is 18.2 Å². The van der Waals surface area contributed by atoms with Crippen LogP contribution in [-0.4, -0.2) is 20.7 Å². The highest BCUT2D eigenvalue weighted by molar-refractivity contribution is 7.17. The molecule has 1 amide bonds. The lowest BCUT2D eigenvalue weighted by Crippen LogP contribution is -2.09. The van der Waals surface area contributed by atoms with Gasteiger partial charge in [-0.15, -0.1) is 11.3 Å². The van der Waals surface area contributed by atoms with Gasteiger partial charge in [0.1, 0.15) is 9.88 Å². The van der Waals surface area contributed by atoms with Crippen molar-refractivity contribution in [2.45, 2.75) is 19.6 Å². The second kappa shape index (κ2) is 7.00. The van der Waals surface area contributed by atoms with Crippen LogP contribution in [0.2, 0.25) is 0 Å². The molecule has 148 valence electrons. The van der Waals surface area contributed by atoms with Crippen LogP contribution in [0.15, 0.2) is 48.7 Å². The molecule has 0 saturated heterocycles. The molecule has 0 aliphatic carbocycles. The molecule has 29 heavy (non-hydrogen) atoms. The smallest absolute Gasteiger partial charge is 0.365 e. The molecule has 4 aromatic rings. The minimum absolute atomic E-state index is 0.196. The van der Waals surface area contributed by atoms with Crippen molar-refractivity contribution in [1.29, 1.82) is 0 Å². The Bertz CT molecular complexity index is 1230. The van der Waals surface area contributed by atoms with Crippen molar-refractivity contribution < 1.29 is 18.0 Å². The van der Waals surface area contributed by atoms with Crippen molar-refractivity contribution in [3.05, 3.63) is 70.4 Å². The van der Waals surface area contributed by atoms with Crippen LogP contribution < -0.4 is 5.73 Å². The zero-order chi connectivity index (χ0) is 20.8. The zero-order valence-electron chi connectivity index (χ0n) is 15.2. The summed E-state index contributed by atoms with van der Waals surface area (Å²) in [7, 11) is 0. The van der Waals surface area contributed by atoms with Crippen molar-refractivity contribution in [3.63, 3.8) is 0 Å². The average Bonchev–Trinajstić information content (AvgIpc) is 3.23. The number of rotatable bonds is 4. The SMILES string of the molecule is Cc1nc(-c2cccc3nn(Cc4cccc(C(F)(F)F)c4)cc23)sc1C(N)=O. The predicted octanol–water partition coefficient (Wildman–Crippen LogP) is 4.63. The molecule has 5 nitrogen and oxygen atoms in total. The first-order chi connectivity index (χ1) is 13.7. The van der Waals surface area contributed by atoms with Gasteiger partial charge in [-0.25, -0.2) is 4.98 Å². The number of aryl methyl sites for hydroxylation is 1. The summed E-state index contributed by atoms with van der Waals surface area (Å²) in [6.45, 7) is 1.92. The average molecular weight is 416 g/mol. The van der Waals surface area contributed by atoms with E-state index in [9.17, 15) is 18.0 Å². The number of aromatic nitrogens is 3. The maximum absolute atomic E-state index is 12.9. The van der Waals surface area contributed by atoms with Gasteiger partial charge in [0.2, 0.25) is 0 Å². The number of alkyl halides is 3. The molecule has 2 aromatic carbocycles. The molecular formula is C20H15F3N4OS. The van der Waals surface area contributed by atoms with Gasteiger partial charge in [0.15, 0.2) is 0 Å². The van der Waals surface area contributed by atoms with Gasteiger partial charge in [-0.1, -0.05) is 24.3 Å². The molecule has 0 saturated carbocycles. The fourth-order valence-electron chi connectivity index (χ4n) is 3.13. The monoisotopic (exact) mass is 416 g/mol. The molecule has 2 heterocycles. The van der Waals surface area contributed by atoms with Crippen molar-refractivity contribution in [2.24, 2.45) is 5.73 Å². The molecule has 0 aliphatic heterocycles. The molecule has 0 aliphatic rings. The first-order valence-corrected chi connectivity index (χ1v) is 9.44. The highest BCUT2D eigenvalue weighted by Crippen LogP contribution is 2.33. The lowest BCUT2D eigenvalue weighted by molar-refractivity contribution is -0.137. The van der Waals surface area contributed by atoms with E-state index in [2.05, 4.69) is 10.1 Å². The van der Waals surface area contributed by atoms with Gasteiger partial charge in [-0.05, 0) is 30.7 Å². The van der Waals surface area contributed by atoms with Crippen LogP contribution in [0.1, 0.15) is 26.5 Å². The van der Waals surface area contributed by atoms with Crippen LogP contribution in [0.4, 0.5) is 13.2 Å². The number of nitrogens with zero attached hydrogens (tertiary/aromatic N) is 3. The number of amides is 1. The van der Waals surface area contributed by atoms with Gasteiger partial charge in [0.05, 0.1) is 23.3 Å². The van der Waals surface area contributed by atoms with E-state index in [0.717, 1.165) is 23.1 Å². The topological polar surface area (TPSA) is 73.8 Å². The fourth-order valence-corrected chi connectivity index (χ4v) is 4.09. The number of fused-ring (bicyclic) bond motifs is 1. The maximum atomic E-state index is 12.9. The van der Waals surface area contributed by atoms with E-state index in [-0.39, 0.29) is 6.54 Å². The quantitative estimate of drug-likeness (QED) is 0.527. The number of halogens is 3. The Labute approximate surface area is 167 Å². The third-order valence-electron chi connectivity index (χ3n) is 4.45.